The summed E-state index contributed by atoms with van der Waals surface area (Å²) in [6.07, 6.45) is 11.2. The second-order valence-corrected chi connectivity index (χ2v) is 11.0. The van der Waals surface area contributed by atoms with Crippen molar-refractivity contribution in [3.63, 3.8) is 0 Å². The number of nitrogens with zero attached hydrogens (tertiary/aromatic N) is 4. The van der Waals surface area contributed by atoms with Crippen LogP contribution in [-0.4, -0.2) is 93.0 Å². The van der Waals surface area contributed by atoms with Crippen LogP contribution in [0.4, 0.5) is 0 Å². The molecule has 0 saturated heterocycles. The van der Waals surface area contributed by atoms with E-state index in [0.29, 0.717) is 26.2 Å². The van der Waals surface area contributed by atoms with E-state index in [1.54, 1.807) is 0 Å². The molecule has 0 heterocycles. The van der Waals surface area contributed by atoms with Crippen molar-refractivity contribution in [1.29, 1.82) is 0 Å². The number of imide groups is 4. The molecule has 0 aromatic rings. The van der Waals surface area contributed by atoms with Gasteiger partial charge in [-0.3, -0.25) is 58.0 Å². The van der Waals surface area contributed by atoms with Gasteiger partial charge >= 0.3 is 0 Å². The normalized spacial score (nSPS) is 10.2. The minimum atomic E-state index is -0.207. The van der Waals surface area contributed by atoms with Crippen molar-refractivity contribution in [2.24, 2.45) is 0 Å². The number of amides is 8. The molecule has 12 heteroatoms. The van der Waals surface area contributed by atoms with Crippen molar-refractivity contribution >= 4 is 47.3 Å². The van der Waals surface area contributed by atoms with Gasteiger partial charge in [-0.05, 0) is 25.7 Å². The van der Waals surface area contributed by atoms with Crippen LogP contribution in [0.5, 0.6) is 0 Å². The first-order valence-electron chi connectivity index (χ1n) is 15.7. The van der Waals surface area contributed by atoms with Crippen LogP contribution in [-0.2, 0) is 38.4 Å². The Kier molecular flexibility index (Phi) is 24.2. The van der Waals surface area contributed by atoms with Gasteiger partial charge in [-0.1, -0.05) is 51.4 Å². The predicted octanol–water partition coefficient (Wildman–Crippen LogP) is 4.23. The second-order valence-electron chi connectivity index (χ2n) is 11.0. The number of carbonyl (C=O) groups is 8. The molecule has 0 spiro atoms. The number of carbonyl (C=O) groups excluding carboxylic acids is 8. The molecule has 0 fully saturated rings. The van der Waals surface area contributed by atoms with Gasteiger partial charge in [0.25, 0.3) is 0 Å². The number of hydrogen-bond acceptors (Lipinski definition) is 8. The summed E-state index contributed by atoms with van der Waals surface area (Å²) in [4.78, 5) is 94.7. The maximum atomic E-state index is 11.2. The minimum Gasteiger partial charge on any atom is -0.283 e. The summed E-state index contributed by atoms with van der Waals surface area (Å²) >= 11 is 0. The van der Waals surface area contributed by atoms with E-state index in [4.69, 9.17) is 0 Å². The van der Waals surface area contributed by atoms with Gasteiger partial charge in [0.15, 0.2) is 0 Å². The average Bonchev–Trinajstić information content (AvgIpc) is 2.89. The van der Waals surface area contributed by atoms with Crippen LogP contribution in [0, 0.1) is 0 Å². The summed E-state index contributed by atoms with van der Waals surface area (Å²) in [5.74, 6) is -1.66. The monoisotopic (exact) mass is 624 g/mol. The zero-order chi connectivity index (χ0) is 34.2. The van der Waals surface area contributed by atoms with Crippen molar-refractivity contribution in [2.45, 2.75) is 132 Å². The summed E-state index contributed by atoms with van der Waals surface area (Å²) in [5, 5.41) is 0. The zero-order valence-electron chi connectivity index (χ0n) is 28.4. The average molecular weight is 625 g/mol. The molecule has 0 unspecified atom stereocenters. The highest BCUT2D eigenvalue weighted by Gasteiger charge is 2.15. The van der Waals surface area contributed by atoms with Crippen LogP contribution in [0.15, 0.2) is 0 Å². The molecular formula is C32H56N4O8. The highest BCUT2D eigenvalue weighted by molar-refractivity contribution is 5.94. The van der Waals surface area contributed by atoms with Crippen molar-refractivity contribution in [3.8, 4) is 0 Å². The summed E-state index contributed by atoms with van der Waals surface area (Å²) in [6.45, 7) is 13.1. The van der Waals surface area contributed by atoms with E-state index in [1.807, 2.05) is 0 Å². The topological polar surface area (TPSA) is 150 Å². The summed E-state index contributed by atoms with van der Waals surface area (Å²) in [5.41, 5.74) is 0. The molecule has 0 aromatic heterocycles. The van der Waals surface area contributed by atoms with Crippen molar-refractivity contribution < 1.29 is 38.4 Å². The van der Waals surface area contributed by atoms with E-state index in [1.165, 1.54) is 75.0 Å². The minimum absolute atomic E-state index is 0.207. The number of hydrogen-bond donors (Lipinski definition) is 0. The zero-order valence-corrected chi connectivity index (χ0v) is 28.4. The lowest BCUT2D eigenvalue weighted by Gasteiger charge is -2.17. The lowest BCUT2D eigenvalue weighted by atomic mass is 10.1. The quantitative estimate of drug-likeness (QED) is 0.206. The molecule has 0 rings (SSSR count). The van der Waals surface area contributed by atoms with Gasteiger partial charge in [0, 0.05) is 81.6 Å². The first kappa shape index (κ1) is 42.7. The maximum absolute atomic E-state index is 11.2. The molecule has 0 saturated carbocycles. The molecule has 44 heavy (non-hydrogen) atoms. The predicted molar refractivity (Wildman–Crippen MR) is 168 cm³/mol. The van der Waals surface area contributed by atoms with Crippen LogP contribution in [0.2, 0.25) is 0 Å². The highest BCUT2D eigenvalue weighted by Crippen LogP contribution is 2.09. The van der Waals surface area contributed by atoms with E-state index in [2.05, 4.69) is 0 Å². The molecule has 0 atom stereocenters. The van der Waals surface area contributed by atoms with Gasteiger partial charge in [-0.2, -0.15) is 0 Å². The Morgan fingerprint density at radius 3 is 0.477 bits per heavy atom. The molecule has 0 N–H and O–H groups in total. The lowest BCUT2D eigenvalue weighted by molar-refractivity contribution is -0.143. The Morgan fingerprint density at radius 1 is 0.250 bits per heavy atom. The van der Waals surface area contributed by atoms with Gasteiger partial charge < -0.3 is 0 Å². The number of unbranched alkanes of at least 4 members (excludes halogenated alkanes) is 10. The SMILES string of the molecule is CC(=O)N(CCCCCCCCN(C(C)=O)C(C)=O)C(C)=O.CC(=O)N(CCCCCCCCN(C(C)=O)C(C)=O)C(C)=O. The van der Waals surface area contributed by atoms with Gasteiger partial charge in [0.2, 0.25) is 47.3 Å². The van der Waals surface area contributed by atoms with Gasteiger partial charge in [0.05, 0.1) is 0 Å². The Morgan fingerprint density at radius 2 is 0.364 bits per heavy atom. The summed E-state index contributed by atoms with van der Waals surface area (Å²) in [7, 11) is 0. The smallest absolute Gasteiger partial charge is 0.226 e. The standard InChI is InChI=1S/2C16H28N2O4/c2*1-13(19)17(14(2)20)11-9-7-5-6-8-10-12-18(15(3)21)16(4)22/h2*5-12H2,1-4H3. The fourth-order valence-corrected chi connectivity index (χ4v) is 4.64. The second kappa shape index (κ2) is 24.9. The molecule has 0 aliphatic heterocycles. The lowest BCUT2D eigenvalue weighted by Crippen LogP contribution is -2.34. The molecule has 252 valence electrons. The summed E-state index contributed by atoms with van der Waals surface area (Å²) < 4.78 is 0. The Bertz CT molecular complexity index is 758. The Hall–Kier alpha value is -3.44. The van der Waals surface area contributed by atoms with Crippen LogP contribution in [0.1, 0.15) is 132 Å². The Balaban J connectivity index is 0. The van der Waals surface area contributed by atoms with Crippen LogP contribution >= 0.6 is 0 Å². The molecule has 12 nitrogen and oxygen atoms in total. The third-order valence-electron chi connectivity index (χ3n) is 7.07. The Labute approximate surface area is 263 Å². The maximum Gasteiger partial charge on any atom is 0.226 e. The summed E-state index contributed by atoms with van der Waals surface area (Å²) in [6, 6.07) is 0. The van der Waals surface area contributed by atoms with Crippen LogP contribution in [0.3, 0.4) is 0 Å². The largest absolute Gasteiger partial charge is 0.283 e. The van der Waals surface area contributed by atoms with E-state index < -0.39 is 0 Å². The van der Waals surface area contributed by atoms with Crippen molar-refractivity contribution in [3.05, 3.63) is 0 Å². The first-order chi connectivity index (χ1) is 20.5. The fraction of sp³-hybridized carbons (Fsp3) is 0.750. The van der Waals surface area contributed by atoms with Crippen molar-refractivity contribution in [1.82, 2.24) is 19.6 Å². The van der Waals surface area contributed by atoms with Gasteiger partial charge in [0.1, 0.15) is 0 Å². The van der Waals surface area contributed by atoms with Crippen molar-refractivity contribution in [2.75, 3.05) is 26.2 Å². The highest BCUT2D eigenvalue weighted by atomic mass is 16.2. The molecule has 0 aliphatic carbocycles. The fourth-order valence-electron chi connectivity index (χ4n) is 4.64. The van der Waals surface area contributed by atoms with Crippen LogP contribution in [0.25, 0.3) is 0 Å². The first-order valence-corrected chi connectivity index (χ1v) is 15.7. The van der Waals surface area contributed by atoms with E-state index in [9.17, 15) is 38.4 Å². The molecular weight excluding hydrogens is 568 g/mol. The van der Waals surface area contributed by atoms with Crippen LogP contribution < -0.4 is 0 Å². The van der Waals surface area contributed by atoms with E-state index in [0.717, 1.165) is 77.0 Å². The molecule has 0 aromatic carbocycles. The van der Waals surface area contributed by atoms with E-state index >= 15 is 0 Å². The number of rotatable bonds is 18. The third-order valence-corrected chi connectivity index (χ3v) is 7.07. The molecule has 8 amide bonds. The molecule has 0 aliphatic rings. The van der Waals surface area contributed by atoms with E-state index in [-0.39, 0.29) is 47.3 Å². The molecule has 0 bridgehead atoms. The van der Waals surface area contributed by atoms with Gasteiger partial charge in [-0.15, -0.1) is 0 Å². The third kappa shape index (κ3) is 21.3. The van der Waals surface area contributed by atoms with Gasteiger partial charge in [-0.25, -0.2) is 0 Å². The molecule has 0 radical (unpaired) electrons.